The van der Waals surface area contributed by atoms with Gasteiger partial charge in [0.15, 0.2) is 0 Å². The predicted molar refractivity (Wildman–Crippen MR) is 74.8 cm³/mol. The average Bonchev–Trinajstić information content (AvgIpc) is 2.45. The average molecular weight is 256 g/mol. The van der Waals surface area contributed by atoms with Crippen LogP contribution in [0.5, 0.6) is 0 Å². The summed E-state index contributed by atoms with van der Waals surface area (Å²) >= 11 is 0. The highest BCUT2D eigenvalue weighted by atomic mass is 16.5. The lowest BCUT2D eigenvalue weighted by molar-refractivity contribution is -0.0155. The molecule has 4 rings (SSSR count). The maximum absolute atomic E-state index is 11.9. The fourth-order valence-electron chi connectivity index (χ4n) is 3.45. The largest absolute Gasteiger partial charge is 0.458 e. The van der Waals surface area contributed by atoms with Crippen LogP contribution >= 0.6 is 0 Å². The third kappa shape index (κ3) is 2.09. The molecule has 3 aliphatic carbocycles. The van der Waals surface area contributed by atoms with Crippen molar-refractivity contribution in [3.63, 3.8) is 0 Å². The van der Waals surface area contributed by atoms with E-state index < -0.39 is 0 Å². The molecular weight excluding hydrogens is 236 g/mol. The zero-order valence-electron chi connectivity index (χ0n) is 11.6. The van der Waals surface area contributed by atoms with Gasteiger partial charge in [-0.05, 0) is 47.8 Å². The molecule has 0 aliphatic heterocycles. The Kier molecular flexibility index (Phi) is 2.96. The Labute approximate surface area is 114 Å². The van der Waals surface area contributed by atoms with Crippen molar-refractivity contribution in [1.29, 1.82) is 0 Å². The number of fused-ring (bicyclic) bond motifs is 1. The third-order valence-corrected chi connectivity index (χ3v) is 4.96. The Morgan fingerprint density at radius 2 is 2.05 bits per heavy atom. The smallest absolute Gasteiger partial charge is 0.338 e. The first kappa shape index (κ1) is 12.5. The molecule has 1 saturated carbocycles. The SMILES string of the molecule is CC1(C)[C@H]2CC=C(COC(=O)c3ccccc3)[C@H]1C2. The number of carbonyl (C=O) groups is 1. The van der Waals surface area contributed by atoms with E-state index in [1.54, 1.807) is 12.1 Å². The molecule has 0 heterocycles. The van der Waals surface area contributed by atoms with Gasteiger partial charge >= 0.3 is 5.97 Å². The summed E-state index contributed by atoms with van der Waals surface area (Å²) < 4.78 is 5.45. The number of esters is 1. The van der Waals surface area contributed by atoms with Gasteiger partial charge in [-0.15, -0.1) is 0 Å². The lowest BCUT2D eigenvalue weighted by Crippen LogP contribution is -2.48. The number of hydrogen-bond acceptors (Lipinski definition) is 2. The highest BCUT2D eigenvalue weighted by Crippen LogP contribution is 2.59. The van der Waals surface area contributed by atoms with Gasteiger partial charge in [-0.25, -0.2) is 4.79 Å². The molecule has 2 atom stereocenters. The highest BCUT2D eigenvalue weighted by molar-refractivity contribution is 5.89. The number of hydrogen-bond donors (Lipinski definition) is 0. The van der Waals surface area contributed by atoms with Crippen molar-refractivity contribution in [2.24, 2.45) is 17.3 Å². The minimum atomic E-state index is -0.222. The van der Waals surface area contributed by atoms with Gasteiger partial charge in [0.05, 0.1) is 5.56 Å². The van der Waals surface area contributed by atoms with E-state index in [4.69, 9.17) is 4.74 Å². The molecule has 0 amide bonds. The van der Waals surface area contributed by atoms with Gasteiger partial charge in [-0.2, -0.15) is 0 Å². The molecule has 0 N–H and O–H groups in total. The molecule has 0 aromatic heterocycles. The molecule has 1 fully saturated rings. The molecule has 0 unspecified atom stereocenters. The summed E-state index contributed by atoms with van der Waals surface area (Å²) in [4.78, 5) is 11.9. The van der Waals surface area contributed by atoms with Crippen LogP contribution in [0.1, 0.15) is 37.0 Å². The molecular formula is C17H20O2. The minimum absolute atomic E-state index is 0.222. The molecule has 0 saturated heterocycles. The summed E-state index contributed by atoms with van der Waals surface area (Å²) in [6, 6.07) is 9.20. The van der Waals surface area contributed by atoms with E-state index in [0.29, 0.717) is 23.5 Å². The predicted octanol–water partition coefficient (Wildman–Crippen LogP) is 3.84. The molecule has 1 aromatic carbocycles. The zero-order valence-corrected chi connectivity index (χ0v) is 11.6. The molecule has 1 aromatic rings. The first-order valence-corrected chi connectivity index (χ1v) is 7.00. The first-order chi connectivity index (χ1) is 9.09. The zero-order chi connectivity index (χ0) is 13.5. The van der Waals surface area contributed by atoms with E-state index in [2.05, 4.69) is 19.9 Å². The second-order valence-corrected chi connectivity index (χ2v) is 6.26. The van der Waals surface area contributed by atoms with E-state index in [1.807, 2.05) is 18.2 Å². The van der Waals surface area contributed by atoms with Gasteiger partial charge in [0.25, 0.3) is 0 Å². The first-order valence-electron chi connectivity index (χ1n) is 7.00. The van der Waals surface area contributed by atoms with Gasteiger partial charge in [-0.1, -0.05) is 38.1 Å². The molecule has 2 bridgehead atoms. The topological polar surface area (TPSA) is 26.3 Å². The van der Waals surface area contributed by atoms with E-state index in [9.17, 15) is 4.79 Å². The van der Waals surface area contributed by atoms with E-state index in [1.165, 1.54) is 12.0 Å². The number of allylic oxidation sites excluding steroid dienone is 1. The Bertz CT molecular complexity index is 513. The van der Waals surface area contributed by atoms with Crippen LogP contribution in [0.2, 0.25) is 0 Å². The Morgan fingerprint density at radius 1 is 1.32 bits per heavy atom. The number of benzene rings is 1. The quantitative estimate of drug-likeness (QED) is 0.606. The summed E-state index contributed by atoms with van der Waals surface area (Å²) in [6.07, 6.45) is 4.69. The van der Waals surface area contributed by atoms with Gasteiger partial charge in [-0.3, -0.25) is 0 Å². The summed E-state index contributed by atoms with van der Waals surface area (Å²) in [5, 5.41) is 0. The van der Waals surface area contributed by atoms with Crippen LogP contribution in [0.3, 0.4) is 0 Å². The lowest BCUT2D eigenvalue weighted by atomic mass is 9.49. The number of carbonyl (C=O) groups excluding carboxylic acids is 1. The van der Waals surface area contributed by atoms with Gasteiger partial charge in [0, 0.05) is 0 Å². The molecule has 2 nitrogen and oxygen atoms in total. The van der Waals surface area contributed by atoms with E-state index in [0.717, 1.165) is 12.3 Å². The highest BCUT2D eigenvalue weighted by Gasteiger charge is 2.51. The fraction of sp³-hybridized carbons (Fsp3) is 0.471. The second-order valence-electron chi connectivity index (χ2n) is 6.26. The number of rotatable bonds is 3. The van der Waals surface area contributed by atoms with E-state index in [-0.39, 0.29) is 5.97 Å². The van der Waals surface area contributed by atoms with Gasteiger partial charge < -0.3 is 4.74 Å². The standard InChI is InChI=1S/C17H20O2/c1-17(2)14-9-8-13(15(17)10-14)11-19-16(18)12-6-4-3-5-7-12/h3-8,14-15H,9-11H2,1-2H3/t14-,15+/m0/s1. The normalized spacial score (nSPS) is 27.2. The summed E-state index contributed by atoms with van der Waals surface area (Å²) in [6.45, 7) is 5.12. The summed E-state index contributed by atoms with van der Waals surface area (Å²) in [5.41, 5.74) is 2.34. The Morgan fingerprint density at radius 3 is 2.68 bits per heavy atom. The molecule has 2 heteroatoms. The lowest BCUT2D eigenvalue weighted by Gasteiger charge is -2.56. The van der Waals surface area contributed by atoms with Crippen LogP contribution in [0.4, 0.5) is 0 Å². The molecule has 0 radical (unpaired) electrons. The van der Waals surface area contributed by atoms with Crippen molar-refractivity contribution >= 4 is 5.97 Å². The Balaban J connectivity index is 1.62. The minimum Gasteiger partial charge on any atom is -0.458 e. The van der Waals surface area contributed by atoms with Crippen LogP contribution in [-0.4, -0.2) is 12.6 Å². The molecule has 100 valence electrons. The Hall–Kier alpha value is -1.57. The van der Waals surface area contributed by atoms with Crippen LogP contribution in [0.25, 0.3) is 0 Å². The van der Waals surface area contributed by atoms with Crippen molar-refractivity contribution < 1.29 is 9.53 Å². The number of ether oxygens (including phenoxy) is 1. The van der Waals surface area contributed by atoms with E-state index >= 15 is 0 Å². The third-order valence-electron chi connectivity index (χ3n) is 4.96. The molecule has 3 aliphatic rings. The van der Waals surface area contributed by atoms with Crippen molar-refractivity contribution in [2.45, 2.75) is 26.7 Å². The maximum atomic E-state index is 11.9. The van der Waals surface area contributed by atoms with Gasteiger partial charge in [0.2, 0.25) is 0 Å². The molecule has 0 spiro atoms. The second kappa shape index (κ2) is 4.52. The summed E-state index contributed by atoms with van der Waals surface area (Å²) in [7, 11) is 0. The van der Waals surface area contributed by atoms with Gasteiger partial charge in [0.1, 0.15) is 6.61 Å². The van der Waals surface area contributed by atoms with Crippen molar-refractivity contribution in [2.75, 3.05) is 6.61 Å². The van der Waals surface area contributed by atoms with Crippen LogP contribution in [0, 0.1) is 17.3 Å². The monoisotopic (exact) mass is 256 g/mol. The van der Waals surface area contributed by atoms with Crippen LogP contribution in [0.15, 0.2) is 42.0 Å². The van der Waals surface area contributed by atoms with Crippen molar-refractivity contribution in [3.8, 4) is 0 Å². The maximum Gasteiger partial charge on any atom is 0.338 e. The van der Waals surface area contributed by atoms with Crippen LogP contribution in [-0.2, 0) is 4.74 Å². The van der Waals surface area contributed by atoms with Crippen molar-refractivity contribution in [1.82, 2.24) is 0 Å². The fourth-order valence-corrected chi connectivity index (χ4v) is 3.45. The molecule has 19 heavy (non-hydrogen) atoms. The summed E-state index contributed by atoms with van der Waals surface area (Å²) in [5.74, 6) is 1.21. The van der Waals surface area contributed by atoms with Crippen LogP contribution < -0.4 is 0 Å². The van der Waals surface area contributed by atoms with Crippen molar-refractivity contribution in [3.05, 3.63) is 47.5 Å².